The Labute approximate surface area is 157 Å². The number of carbonyl (C=O) groups is 1. The van der Waals surface area contributed by atoms with Crippen LogP contribution in [0.25, 0.3) is 0 Å². The van der Waals surface area contributed by atoms with Gasteiger partial charge in [-0.25, -0.2) is 9.37 Å². The molecule has 0 spiro atoms. The van der Waals surface area contributed by atoms with Crippen molar-refractivity contribution in [1.82, 2.24) is 14.7 Å². The minimum atomic E-state index is -0.240. The number of nitrogens with one attached hydrogen (secondary N) is 1. The van der Waals surface area contributed by atoms with E-state index < -0.39 is 0 Å². The van der Waals surface area contributed by atoms with Gasteiger partial charge in [0, 0.05) is 37.6 Å². The van der Waals surface area contributed by atoms with Crippen LogP contribution < -0.4 is 10.2 Å². The monoisotopic (exact) mass is 376 g/mol. The molecule has 1 aliphatic rings. The van der Waals surface area contributed by atoms with Gasteiger partial charge in [0.1, 0.15) is 11.6 Å². The summed E-state index contributed by atoms with van der Waals surface area (Å²) >= 11 is 1.37. The number of hydrogen-bond acceptors (Lipinski definition) is 5. The number of hydrogen-bond donors (Lipinski definition) is 1. The third-order valence-electron chi connectivity index (χ3n) is 4.48. The van der Waals surface area contributed by atoms with Crippen LogP contribution in [-0.4, -0.2) is 34.9 Å². The van der Waals surface area contributed by atoms with Gasteiger partial charge >= 0.3 is 0 Å². The third-order valence-corrected chi connectivity index (χ3v) is 5.29. The highest BCUT2D eigenvalue weighted by Gasteiger charge is 2.27. The maximum atomic E-state index is 13.0. The number of carbonyl (C=O) groups excluding carboxylic acids is 1. The molecule has 1 aliphatic heterocycles. The normalized spacial score (nSPS) is 17.5. The van der Waals surface area contributed by atoms with Gasteiger partial charge in [0.15, 0.2) is 0 Å². The summed E-state index contributed by atoms with van der Waals surface area (Å²) in [4.78, 5) is 19.1. The Balaban J connectivity index is 1.59. The molecule has 2 aromatic rings. The molecule has 0 aliphatic carbocycles. The Morgan fingerprint density at radius 1 is 1.38 bits per heavy atom. The number of aromatic nitrogens is 2. The van der Waals surface area contributed by atoms with Gasteiger partial charge < -0.3 is 10.2 Å². The second-order valence-corrected chi connectivity index (χ2v) is 7.95. The van der Waals surface area contributed by atoms with Crippen molar-refractivity contribution < 1.29 is 9.18 Å². The van der Waals surface area contributed by atoms with Crippen LogP contribution >= 0.6 is 11.5 Å². The Morgan fingerprint density at radius 2 is 2.15 bits per heavy atom. The van der Waals surface area contributed by atoms with E-state index in [0.717, 1.165) is 42.5 Å². The minimum Gasteiger partial charge on any atom is -0.356 e. The molecule has 0 unspecified atom stereocenters. The highest BCUT2D eigenvalue weighted by molar-refractivity contribution is 7.09. The van der Waals surface area contributed by atoms with E-state index in [-0.39, 0.29) is 17.6 Å². The quantitative estimate of drug-likeness (QED) is 0.841. The molecule has 5 nitrogen and oxygen atoms in total. The van der Waals surface area contributed by atoms with Crippen LogP contribution in [0.5, 0.6) is 0 Å². The summed E-state index contributed by atoms with van der Waals surface area (Å²) in [6.45, 7) is 6.50. The van der Waals surface area contributed by atoms with Crippen molar-refractivity contribution in [2.45, 2.75) is 33.1 Å². The summed E-state index contributed by atoms with van der Waals surface area (Å²) in [6.07, 6.45) is 2.48. The number of nitrogens with zero attached hydrogens (tertiary/aromatic N) is 3. The first kappa shape index (κ1) is 18.8. The van der Waals surface area contributed by atoms with Gasteiger partial charge in [-0.2, -0.15) is 4.37 Å². The molecule has 1 atom stereocenters. The zero-order chi connectivity index (χ0) is 18.5. The fourth-order valence-corrected chi connectivity index (χ4v) is 3.76. The second-order valence-electron chi connectivity index (χ2n) is 7.22. The van der Waals surface area contributed by atoms with Gasteiger partial charge in [-0.3, -0.25) is 4.79 Å². The van der Waals surface area contributed by atoms with Crippen molar-refractivity contribution in [2.24, 2.45) is 11.8 Å². The second kappa shape index (κ2) is 8.58. The predicted octanol–water partition coefficient (Wildman–Crippen LogP) is 3.26. The summed E-state index contributed by atoms with van der Waals surface area (Å²) in [5.74, 6) is 1.10. The Bertz CT molecular complexity index is 731. The van der Waals surface area contributed by atoms with Crippen molar-refractivity contribution in [3.8, 4) is 0 Å². The number of halogens is 1. The lowest BCUT2D eigenvalue weighted by atomic mass is 9.97. The van der Waals surface area contributed by atoms with Gasteiger partial charge in [-0.1, -0.05) is 26.0 Å². The smallest absolute Gasteiger partial charge is 0.224 e. The van der Waals surface area contributed by atoms with E-state index in [4.69, 9.17) is 0 Å². The van der Waals surface area contributed by atoms with Crippen molar-refractivity contribution in [1.29, 1.82) is 0 Å². The van der Waals surface area contributed by atoms with Crippen LogP contribution in [0.15, 0.2) is 24.3 Å². The summed E-state index contributed by atoms with van der Waals surface area (Å²) < 4.78 is 17.4. The van der Waals surface area contributed by atoms with E-state index in [1.165, 1.54) is 23.7 Å². The summed E-state index contributed by atoms with van der Waals surface area (Å²) in [5.41, 5.74) is 0.986. The largest absolute Gasteiger partial charge is 0.356 e. The Morgan fingerprint density at radius 3 is 2.88 bits per heavy atom. The first-order valence-corrected chi connectivity index (χ1v) is 9.88. The maximum Gasteiger partial charge on any atom is 0.224 e. The minimum absolute atomic E-state index is 0.00643. The average Bonchev–Trinajstić information content (AvgIpc) is 3.10. The highest BCUT2D eigenvalue weighted by atomic mass is 32.1. The van der Waals surface area contributed by atoms with Crippen molar-refractivity contribution in [2.75, 3.05) is 24.5 Å². The van der Waals surface area contributed by atoms with Crippen molar-refractivity contribution >= 4 is 22.6 Å². The third kappa shape index (κ3) is 5.00. The molecule has 0 radical (unpaired) electrons. The van der Waals surface area contributed by atoms with E-state index in [9.17, 15) is 9.18 Å². The van der Waals surface area contributed by atoms with E-state index >= 15 is 0 Å². The molecule has 0 saturated carbocycles. The van der Waals surface area contributed by atoms with Gasteiger partial charge in [0.2, 0.25) is 11.0 Å². The predicted molar refractivity (Wildman–Crippen MR) is 102 cm³/mol. The molecule has 1 saturated heterocycles. The summed E-state index contributed by atoms with van der Waals surface area (Å²) in [7, 11) is 0. The molecule has 2 heterocycles. The number of amides is 1. The van der Waals surface area contributed by atoms with E-state index in [0.29, 0.717) is 18.9 Å². The first-order valence-electron chi connectivity index (χ1n) is 9.11. The van der Waals surface area contributed by atoms with Crippen LogP contribution in [0.1, 0.15) is 38.1 Å². The molecule has 1 N–H and O–H groups in total. The zero-order valence-corrected chi connectivity index (χ0v) is 16.1. The van der Waals surface area contributed by atoms with Gasteiger partial charge in [0.25, 0.3) is 0 Å². The number of rotatable bonds is 6. The number of piperidine rings is 1. The average molecular weight is 377 g/mol. The number of anilines is 1. The summed E-state index contributed by atoms with van der Waals surface area (Å²) in [5, 5.41) is 3.90. The molecule has 26 heavy (non-hydrogen) atoms. The molecule has 140 valence electrons. The van der Waals surface area contributed by atoms with Crippen molar-refractivity contribution in [3.63, 3.8) is 0 Å². The van der Waals surface area contributed by atoms with E-state index in [1.54, 1.807) is 12.1 Å². The van der Waals surface area contributed by atoms with E-state index in [1.807, 2.05) is 0 Å². The van der Waals surface area contributed by atoms with Gasteiger partial charge in [-0.15, -0.1) is 0 Å². The fourth-order valence-electron chi connectivity index (χ4n) is 3.04. The fraction of sp³-hybridized carbons (Fsp3) is 0.526. The molecule has 1 aromatic heterocycles. The SMILES string of the molecule is CC(C)CNC(=O)[C@H]1CCCN(c2nc(Cc3ccc(F)cc3)ns2)C1. The molecule has 3 rings (SSSR count). The van der Waals surface area contributed by atoms with Crippen LogP contribution in [-0.2, 0) is 11.2 Å². The Kier molecular flexibility index (Phi) is 6.19. The van der Waals surface area contributed by atoms with Crippen molar-refractivity contribution in [3.05, 3.63) is 41.5 Å². The first-order chi connectivity index (χ1) is 12.5. The molecule has 1 fully saturated rings. The molecular formula is C19H25FN4OS. The zero-order valence-electron chi connectivity index (χ0n) is 15.2. The topological polar surface area (TPSA) is 58.1 Å². The lowest BCUT2D eigenvalue weighted by Crippen LogP contribution is -2.43. The van der Waals surface area contributed by atoms with Crippen LogP contribution in [0.4, 0.5) is 9.52 Å². The summed E-state index contributed by atoms with van der Waals surface area (Å²) in [6, 6.07) is 6.42. The lowest BCUT2D eigenvalue weighted by molar-refractivity contribution is -0.125. The molecule has 1 amide bonds. The molecule has 7 heteroatoms. The Hall–Kier alpha value is -2.02. The lowest BCUT2D eigenvalue weighted by Gasteiger charge is -2.31. The highest BCUT2D eigenvalue weighted by Crippen LogP contribution is 2.25. The van der Waals surface area contributed by atoms with Crippen LogP contribution in [0.3, 0.4) is 0 Å². The molecular weight excluding hydrogens is 351 g/mol. The standard InChI is InChI=1S/C19H25FN4OS/c1-13(2)11-21-18(25)15-4-3-9-24(12-15)19-22-17(23-26-19)10-14-5-7-16(20)8-6-14/h5-8,13,15H,3-4,9-12H2,1-2H3,(H,21,25)/t15-/m0/s1. The molecule has 0 bridgehead atoms. The van der Waals surface area contributed by atoms with Crippen LogP contribution in [0, 0.1) is 17.7 Å². The van der Waals surface area contributed by atoms with Gasteiger partial charge in [-0.05, 0) is 36.5 Å². The molecule has 1 aromatic carbocycles. The van der Waals surface area contributed by atoms with E-state index in [2.05, 4.69) is 33.4 Å². The maximum absolute atomic E-state index is 13.0. The van der Waals surface area contributed by atoms with Crippen LogP contribution in [0.2, 0.25) is 0 Å². The van der Waals surface area contributed by atoms with Gasteiger partial charge in [0.05, 0.1) is 5.92 Å². The number of benzene rings is 1.